The van der Waals surface area contributed by atoms with E-state index in [1.807, 2.05) is 36.2 Å². The number of hydroxylamine groups is 1. The van der Waals surface area contributed by atoms with E-state index in [2.05, 4.69) is 14.8 Å². The molecule has 0 unspecified atom stereocenters. The molecular formula is C18H22N4O4. The Bertz CT molecular complexity index is 834. The van der Waals surface area contributed by atoms with Crippen LogP contribution in [-0.4, -0.2) is 32.2 Å². The van der Waals surface area contributed by atoms with Gasteiger partial charge in [-0.2, -0.15) is 0 Å². The van der Waals surface area contributed by atoms with Crippen molar-refractivity contribution in [3.63, 3.8) is 0 Å². The molecule has 2 rings (SSSR count). The molecule has 2 aromatic heterocycles. The first kappa shape index (κ1) is 19.2. The summed E-state index contributed by atoms with van der Waals surface area (Å²) >= 11 is 0. The first-order valence-electron chi connectivity index (χ1n) is 8.00. The zero-order valence-electron chi connectivity index (χ0n) is 15.4. The number of carbonyl (C=O) groups is 2. The minimum absolute atomic E-state index is 0.581. The van der Waals surface area contributed by atoms with E-state index < -0.39 is 17.7 Å². The molecule has 2 aromatic rings. The Morgan fingerprint density at radius 1 is 1.23 bits per heavy atom. The fourth-order valence-corrected chi connectivity index (χ4v) is 2.07. The van der Waals surface area contributed by atoms with Gasteiger partial charge >= 0.3 is 12.1 Å². The van der Waals surface area contributed by atoms with Gasteiger partial charge in [0.05, 0.1) is 29.1 Å². The molecule has 26 heavy (non-hydrogen) atoms. The number of aryl methyl sites for hydroxylation is 2. The van der Waals surface area contributed by atoms with Crippen LogP contribution in [0.25, 0.3) is 11.8 Å². The maximum atomic E-state index is 11.6. The van der Waals surface area contributed by atoms with Gasteiger partial charge in [0.25, 0.3) is 0 Å². The standard InChI is InChI=1S/C18H22N4O4/c1-12-10-22(11-19-12)15-8-6-14(20-13(15)2)7-9-16(23)26-21-17(24)25-18(3,4)5/h6-11H,1-5H3,(H,21,24). The minimum Gasteiger partial charge on any atom is -0.442 e. The summed E-state index contributed by atoms with van der Waals surface area (Å²) in [7, 11) is 0. The van der Waals surface area contributed by atoms with Crippen molar-refractivity contribution < 1.29 is 19.2 Å². The normalized spacial score (nSPS) is 11.4. The van der Waals surface area contributed by atoms with Crippen molar-refractivity contribution in [2.24, 2.45) is 0 Å². The number of ether oxygens (including phenoxy) is 1. The molecule has 8 nitrogen and oxygen atoms in total. The van der Waals surface area contributed by atoms with Gasteiger partial charge in [-0.25, -0.2) is 14.6 Å². The molecule has 0 atom stereocenters. The summed E-state index contributed by atoms with van der Waals surface area (Å²) in [6.07, 6.45) is 5.44. The van der Waals surface area contributed by atoms with E-state index in [9.17, 15) is 9.59 Å². The predicted molar refractivity (Wildman–Crippen MR) is 95.3 cm³/mol. The minimum atomic E-state index is -0.840. The number of pyridine rings is 1. The number of nitrogens with zero attached hydrogens (tertiary/aromatic N) is 3. The van der Waals surface area contributed by atoms with Gasteiger partial charge in [-0.05, 0) is 52.8 Å². The smallest absolute Gasteiger partial charge is 0.441 e. The lowest BCUT2D eigenvalue weighted by molar-refractivity contribution is -0.144. The van der Waals surface area contributed by atoms with Crippen LogP contribution in [0.15, 0.2) is 30.7 Å². The number of carbonyl (C=O) groups excluding carboxylic acids is 2. The molecule has 0 fully saturated rings. The highest BCUT2D eigenvalue weighted by Gasteiger charge is 2.16. The third kappa shape index (κ3) is 5.73. The fourth-order valence-electron chi connectivity index (χ4n) is 2.07. The molecule has 0 aliphatic rings. The third-order valence-corrected chi connectivity index (χ3v) is 3.09. The molecule has 138 valence electrons. The highest BCUT2D eigenvalue weighted by molar-refractivity contribution is 5.87. The van der Waals surface area contributed by atoms with Gasteiger partial charge in [0.2, 0.25) is 0 Å². The van der Waals surface area contributed by atoms with Gasteiger partial charge in [0, 0.05) is 12.3 Å². The van der Waals surface area contributed by atoms with Crippen LogP contribution in [0.2, 0.25) is 0 Å². The first-order chi connectivity index (χ1) is 12.1. The maximum absolute atomic E-state index is 11.6. The molecule has 0 bridgehead atoms. The van der Waals surface area contributed by atoms with Crippen LogP contribution in [0, 0.1) is 13.8 Å². The Kier molecular flexibility index (Phi) is 5.76. The lowest BCUT2D eigenvalue weighted by Crippen LogP contribution is -2.33. The first-order valence-corrected chi connectivity index (χ1v) is 8.00. The summed E-state index contributed by atoms with van der Waals surface area (Å²) in [6, 6.07) is 3.65. The highest BCUT2D eigenvalue weighted by atomic mass is 16.7. The van der Waals surface area contributed by atoms with Crippen LogP contribution in [-0.2, 0) is 14.4 Å². The van der Waals surface area contributed by atoms with Crippen LogP contribution in [0.3, 0.4) is 0 Å². The molecule has 0 saturated heterocycles. The van der Waals surface area contributed by atoms with Crippen LogP contribution < -0.4 is 5.48 Å². The predicted octanol–water partition coefficient (Wildman–Crippen LogP) is 2.88. The molecule has 2 heterocycles. The Balaban J connectivity index is 1.94. The average molecular weight is 358 g/mol. The third-order valence-electron chi connectivity index (χ3n) is 3.09. The van der Waals surface area contributed by atoms with Gasteiger partial charge in [-0.1, -0.05) is 0 Å². The van der Waals surface area contributed by atoms with Crippen molar-refractivity contribution in [1.29, 1.82) is 0 Å². The summed E-state index contributed by atoms with van der Waals surface area (Å²) in [5.74, 6) is -0.746. The number of imidazole rings is 1. The van der Waals surface area contributed by atoms with E-state index in [0.717, 1.165) is 17.1 Å². The summed E-state index contributed by atoms with van der Waals surface area (Å²) in [5.41, 5.74) is 4.42. The molecule has 0 radical (unpaired) electrons. The van der Waals surface area contributed by atoms with E-state index in [-0.39, 0.29) is 0 Å². The van der Waals surface area contributed by atoms with E-state index in [4.69, 9.17) is 4.74 Å². The van der Waals surface area contributed by atoms with Crippen LogP contribution in [0.1, 0.15) is 37.9 Å². The summed E-state index contributed by atoms with van der Waals surface area (Å²) in [4.78, 5) is 36.3. The van der Waals surface area contributed by atoms with Crippen molar-refractivity contribution in [1.82, 2.24) is 20.0 Å². The van der Waals surface area contributed by atoms with Gasteiger partial charge in [0.1, 0.15) is 5.60 Å². The van der Waals surface area contributed by atoms with Gasteiger partial charge in [0.15, 0.2) is 0 Å². The van der Waals surface area contributed by atoms with Gasteiger partial charge < -0.3 is 14.1 Å². The van der Waals surface area contributed by atoms with Crippen molar-refractivity contribution in [3.05, 3.63) is 47.8 Å². The molecule has 1 amide bonds. The number of hydrogen-bond acceptors (Lipinski definition) is 6. The molecule has 0 saturated carbocycles. The highest BCUT2D eigenvalue weighted by Crippen LogP contribution is 2.14. The van der Waals surface area contributed by atoms with Crippen molar-refractivity contribution in [3.8, 4) is 5.69 Å². The van der Waals surface area contributed by atoms with Crippen molar-refractivity contribution in [2.75, 3.05) is 0 Å². The second-order valence-corrected chi connectivity index (χ2v) is 6.62. The Morgan fingerprint density at radius 2 is 1.96 bits per heavy atom. The maximum Gasteiger partial charge on any atom is 0.441 e. The monoisotopic (exact) mass is 358 g/mol. The molecule has 8 heteroatoms. The lowest BCUT2D eigenvalue weighted by Gasteiger charge is -2.18. The summed E-state index contributed by atoms with van der Waals surface area (Å²) < 4.78 is 6.83. The molecule has 0 spiro atoms. The Hall–Kier alpha value is -3.16. The quantitative estimate of drug-likeness (QED) is 0.669. The van der Waals surface area contributed by atoms with Crippen LogP contribution >= 0.6 is 0 Å². The summed E-state index contributed by atoms with van der Waals surface area (Å²) in [6.45, 7) is 8.89. The van der Waals surface area contributed by atoms with Crippen molar-refractivity contribution >= 4 is 18.1 Å². The lowest BCUT2D eigenvalue weighted by atomic mass is 10.2. The SMILES string of the molecule is Cc1cn(-c2ccc(C=CC(=O)ONC(=O)OC(C)(C)C)nc2C)cn1. The molecule has 0 aliphatic heterocycles. The summed E-state index contributed by atoms with van der Waals surface area (Å²) in [5, 5.41) is 0. The Morgan fingerprint density at radius 3 is 2.54 bits per heavy atom. The second kappa shape index (κ2) is 7.81. The van der Waals surface area contributed by atoms with E-state index in [1.54, 1.807) is 33.2 Å². The topological polar surface area (TPSA) is 95.3 Å². The number of nitrogens with one attached hydrogen (secondary N) is 1. The number of hydrogen-bond donors (Lipinski definition) is 1. The largest absolute Gasteiger partial charge is 0.442 e. The zero-order valence-corrected chi connectivity index (χ0v) is 15.4. The fraction of sp³-hybridized carbons (Fsp3) is 0.333. The number of rotatable bonds is 3. The average Bonchev–Trinajstić information content (AvgIpc) is 2.95. The van der Waals surface area contributed by atoms with Crippen molar-refractivity contribution in [2.45, 2.75) is 40.2 Å². The van der Waals surface area contributed by atoms with Gasteiger partial charge in [-0.3, -0.25) is 4.98 Å². The molecule has 0 aliphatic carbocycles. The van der Waals surface area contributed by atoms with Crippen LogP contribution in [0.4, 0.5) is 4.79 Å². The van der Waals surface area contributed by atoms with E-state index >= 15 is 0 Å². The molecule has 1 N–H and O–H groups in total. The second-order valence-electron chi connectivity index (χ2n) is 6.62. The number of amides is 1. The Labute approximate surface area is 151 Å². The molecule has 0 aromatic carbocycles. The van der Waals surface area contributed by atoms with Crippen LogP contribution in [0.5, 0.6) is 0 Å². The number of aromatic nitrogens is 3. The van der Waals surface area contributed by atoms with Gasteiger partial charge in [-0.15, -0.1) is 5.48 Å². The molecular weight excluding hydrogens is 336 g/mol. The zero-order chi connectivity index (χ0) is 19.3. The van der Waals surface area contributed by atoms with E-state index in [0.29, 0.717) is 5.69 Å². The van der Waals surface area contributed by atoms with E-state index in [1.165, 1.54) is 12.2 Å².